The van der Waals surface area contributed by atoms with E-state index >= 15 is 0 Å². The van der Waals surface area contributed by atoms with E-state index in [4.69, 9.17) is 5.11 Å². The normalized spacial score (nSPS) is 11.4. The minimum absolute atomic E-state index is 0.0508. The van der Waals surface area contributed by atoms with Crippen LogP contribution in [0.3, 0.4) is 0 Å². The summed E-state index contributed by atoms with van der Waals surface area (Å²) in [6, 6.07) is 3.13. The molecule has 0 heterocycles. The second-order valence-electron chi connectivity index (χ2n) is 4.18. The Morgan fingerprint density at radius 2 is 2.00 bits per heavy atom. The maximum Gasteiger partial charge on any atom is 0.337 e. The van der Waals surface area contributed by atoms with Crippen LogP contribution < -0.4 is 16.0 Å². The van der Waals surface area contributed by atoms with Crippen LogP contribution >= 0.6 is 15.9 Å². The Morgan fingerprint density at radius 1 is 1.33 bits per heavy atom. The molecule has 0 spiro atoms. The van der Waals surface area contributed by atoms with Crippen molar-refractivity contribution >= 4 is 39.5 Å². The fraction of sp³-hybridized carbons (Fsp3) is 0.308. The Labute approximate surface area is 130 Å². The number of anilines is 1. The van der Waals surface area contributed by atoms with Gasteiger partial charge in [-0.3, -0.25) is 4.79 Å². The fourth-order valence-electron chi connectivity index (χ4n) is 1.57. The summed E-state index contributed by atoms with van der Waals surface area (Å²) >= 11 is 3.18. The SMILES string of the molecule is CCNC(=O)C(C)NC(=O)Nc1c(Br)cccc1C(=O)O. The van der Waals surface area contributed by atoms with Gasteiger partial charge in [-0.05, 0) is 41.9 Å². The lowest BCUT2D eigenvalue weighted by atomic mass is 10.2. The molecule has 0 saturated heterocycles. The van der Waals surface area contributed by atoms with Crippen molar-refractivity contribution in [3.63, 3.8) is 0 Å². The first-order chi connectivity index (χ1) is 9.86. The van der Waals surface area contributed by atoms with E-state index < -0.39 is 18.0 Å². The van der Waals surface area contributed by atoms with Crippen molar-refractivity contribution in [2.24, 2.45) is 0 Å². The molecule has 0 aliphatic heterocycles. The molecule has 1 unspecified atom stereocenters. The molecule has 0 bridgehead atoms. The summed E-state index contributed by atoms with van der Waals surface area (Å²) in [5.41, 5.74) is 0.0794. The number of benzene rings is 1. The molecule has 1 aromatic carbocycles. The number of likely N-dealkylation sites (N-methyl/N-ethyl adjacent to an activating group) is 1. The molecule has 7 nitrogen and oxygen atoms in total. The lowest BCUT2D eigenvalue weighted by Gasteiger charge is -2.15. The molecule has 0 saturated carbocycles. The Bertz CT molecular complexity index is 562. The second kappa shape index (κ2) is 7.63. The quantitative estimate of drug-likeness (QED) is 0.644. The predicted molar refractivity (Wildman–Crippen MR) is 81.4 cm³/mol. The van der Waals surface area contributed by atoms with Gasteiger partial charge in [0.15, 0.2) is 0 Å². The number of carboxylic acids is 1. The first-order valence-corrected chi connectivity index (χ1v) is 7.03. The molecule has 1 aromatic rings. The van der Waals surface area contributed by atoms with Crippen molar-refractivity contribution in [1.82, 2.24) is 10.6 Å². The van der Waals surface area contributed by atoms with Crippen molar-refractivity contribution in [2.75, 3.05) is 11.9 Å². The summed E-state index contributed by atoms with van der Waals surface area (Å²) in [5.74, 6) is -1.48. The number of carbonyl (C=O) groups excluding carboxylic acids is 2. The van der Waals surface area contributed by atoms with Crippen LogP contribution in [0.15, 0.2) is 22.7 Å². The van der Waals surface area contributed by atoms with E-state index in [0.29, 0.717) is 11.0 Å². The third-order valence-corrected chi connectivity index (χ3v) is 3.24. The third kappa shape index (κ3) is 4.75. The summed E-state index contributed by atoms with van der Waals surface area (Å²) in [7, 11) is 0. The van der Waals surface area contributed by atoms with E-state index in [1.54, 1.807) is 19.1 Å². The van der Waals surface area contributed by atoms with E-state index in [-0.39, 0.29) is 17.2 Å². The molecule has 4 N–H and O–H groups in total. The molecular formula is C13H16BrN3O4. The number of amides is 3. The number of carbonyl (C=O) groups is 3. The first-order valence-electron chi connectivity index (χ1n) is 6.23. The number of carboxylic acid groups (broad SMARTS) is 1. The van der Waals surface area contributed by atoms with Gasteiger partial charge < -0.3 is 21.1 Å². The summed E-state index contributed by atoms with van der Waals surface area (Å²) in [4.78, 5) is 34.5. The van der Waals surface area contributed by atoms with Gasteiger partial charge in [0.05, 0.1) is 11.3 Å². The summed E-state index contributed by atoms with van der Waals surface area (Å²) in [6.45, 7) is 3.76. The summed E-state index contributed by atoms with van der Waals surface area (Å²) in [5, 5.41) is 16.5. The lowest BCUT2D eigenvalue weighted by Crippen LogP contribution is -2.46. The van der Waals surface area contributed by atoms with Crippen LogP contribution in [-0.2, 0) is 4.79 Å². The number of nitrogens with one attached hydrogen (secondary N) is 3. The highest BCUT2D eigenvalue weighted by molar-refractivity contribution is 9.10. The molecule has 0 aliphatic carbocycles. The highest BCUT2D eigenvalue weighted by Crippen LogP contribution is 2.26. The molecule has 0 aromatic heterocycles. The lowest BCUT2D eigenvalue weighted by molar-refractivity contribution is -0.122. The van der Waals surface area contributed by atoms with Crippen LogP contribution in [0.5, 0.6) is 0 Å². The minimum atomic E-state index is -1.16. The van der Waals surface area contributed by atoms with Crippen molar-refractivity contribution in [3.8, 4) is 0 Å². The standard InChI is InChI=1S/C13H16BrN3O4/c1-3-15-11(18)7(2)16-13(21)17-10-8(12(19)20)5-4-6-9(10)14/h4-7H,3H2,1-2H3,(H,15,18)(H,19,20)(H2,16,17,21). The topological polar surface area (TPSA) is 108 Å². The highest BCUT2D eigenvalue weighted by Gasteiger charge is 2.18. The number of urea groups is 1. The van der Waals surface area contributed by atoms with Crippen molar-refractivity contribution in [1.29, 1.82) is 0 Å². The van der Waals surface area contributed by atoms with E-state index in [0.717, 1.165) is 0 Å². The average molecular weight is 358 g/mol. The van der Waals surface area contributed by atoms with Gasteiger partial charge in [0.1, 0.15) is 6.04 Å². The zero-order valence-electron chi connectivity index (χ0n) is 11.6. The van der Waals surface area contributed by atoms with Gasteiger partial charge in [-0.1, -0.05) is 6.07 Å². The third-order valence-electron chi connectivity index (χ3n) is 2.57. The molecule has 1 atom stereocenters. The maximum atomic E-state index is 11.8. The molecular weight excluding hydrogens is 342 g/mol. The zero-order chi connectivity index (χ0) is 16.0. The number of hydrogen-bond donors (Lipinski definition) is 4. The van der Waals surface area contributed by atoms with Crippen LogP contribution in [0.25, 0.3) is 0 Å². The summed E-state index contributed by atoms with van der Waals surface area (Å²) in [6.07, 6.45) is 0. The van der Waals surface area contributed by atoms with Gasteiger partial charge in [-0.25, -0.2) is 9.59 Å². The van der Waals surface area contributed by atoms with Crippen LogP contribution in [0, 0.1) is 0 Å². The van der Waals surface area contributed by atoms with Gasteiger partial charge in [-0.2, -0.15) is 0 Å². The number of para-hydroxylation sites is 1. The van der Waals surface area contributed by atoms with E-state index in [1.165, 1.54) is 13.0 Å². The highest BCUT2D eigenvalue weighted by atomic mass is 79.9. The first kappa shape index (κ1) is 17.0. The van der Waals surface area contributed by atoms with Crippen LogP contribution in [0.2, 0.25) is 0 Å². The van der Waals surface area contributed by atoms with Crippen LogP contribution in [0.4, 0.5) is 10.5 Å². The number of hydrogen-bond acceptors (Lipinski definition) is 3. The molecule has 0 fully saturated rings. The van der Waals surface area contributed by atoms with Gasteiger partial charge in [0.25, 0.3) is 0 Å². The van der Waals surface area contributed by atoms with E-state index in [2.05, 4.69) is 31.9 Å². The average Bonchev–Trinajstić information content (AvgIpc) is 2.40. The van der Waals surface area contributed by atoms with Crippen molar-refractivity contribution in [2.45, 2.75) is 19.9 Å². The fourth-order valence-corrected chi connectivity index (χ4v) is 2.03. The second-order valence-corrected chi connectivity index (χ2v) is 5.04. The Morgan fingerprint density at radius 3 is 2.57 bits per heavy atom. The monoisotopic (exact) mass is 357 g/mol. The maximum absolute atomic E-state index is 11.8. The molecule has 21 heavy (non-hydrogen) atoms. The molecule has 0 radical (unpaired) electrons. The predicted octanol–water partition coefficient (Wildman–Crippen LogP) is 1.79. The molecule has 114 valence electrons. The smallest absolute Gasteiger partial charge is 0.337 e. The Balaban J connectivity index is 2.80. The number of rotatable bonds is 5. The molecule has 8 heteroatoms. The zero-order valence-corrected chi connectivity index (χ0v) is 13.2. The van der Waals surface area contributed by atoms with Crippen LogP contribution in [-0.4, -0.2) is 35.6 Å². The van der Waals surface area contributed by atoms with Crippen molar-refractivity contribution < 1.29 is 19.5 Å². The van der Waals surface area contributed by atoms with Gasteiger partial charge >= 0.3 is 12.0 Å². The Kier molecular flexibility index (Phi) is 6.16. The van der Waals surface area contributed by atoms with Gasteiger partial charge in [-0.15, -0.1) is 0 Å². The number of aromatic carboxylic acids is 1. The van der Waals surface area contributed by atoms with Crippen LogP contribution in [0.1, 0.15) is 24.2 Å². The molecule has 1 rings (SSSR count). The van der Waals surface area contributed by atoms with Crippen molar-refractivity contribution in [3.05, 3.63) is 28.2 Å². The molecule has 3 amide bonds. The molecule has 0 aliphatic rings. The van der Waals surface area contributed by atoms with E-state index in [1.807, 2.05) is 0 Å². The van der Waals surface area contributed by atoms with Gasteiger partial charge in [0.2, 0.25) is 5.91 Å². The largest absolute Gasteiger partial charge is 0.478 e. The van der Waals surface area contributed by atoms with E-state index in [9.17, 15) is 14.4 Å². The number of halogens is 1. The van der Waals surface area contributed by atoms with Gasteiger partial charge in [0, 0.05) is 11.0 Å². The summed E-state index contributed by atoms with van der Waals surface area (Å²) < 4.78 is 0.434. The minimum Gasteiger partial charge on any atom is -0.478 e. The Hall–Kier alpha value is -2.09.